The van der Waals surface area contributed by atoms with E-state index in [1.54, 1.807) is 0 Å². The predicted molar refractivity (Wildman–Crippen MR) is 73.1 cm³/mol. The van der Waals surface area contributed by atoms with E-state index < -0.39 is 0 Å². The summed E-state index contributed by atoms with van der Waals surface area (Å²) in [5, 5.41) is 0. The maximum Gasteiger partial charge on any atom is 0.128 e. The van der Waals surface area contributed by atoms with Gasteiger partial charge in [0.05, 0.1) is 0 Å². The van der Waals surface area contributed by atoms with Crippen LogP contribution in [-0.2, 0) is 0 Å². The van der Waals surface area contributed by atoms with Crippen molar-refractivity contribution in [2.45, 2.75) is 25.9 Å². The zero-order valence-electron chi connectivity index (χ0n) is 10.5. The first kappa shape index (κ1) is 13.3. The van der Waals surface area contributed by atoms with Crippen LogP contribution in [0.15, 0.2) is 18.3 Å². The van der Waals surface area contributed by atoms with Gasteiger partial charge < -0.3 is 10.6 Å². The van der Waals surface area contributed by atoms with Crippen LogP contribution >= 0.6 is 11.8 Å². The van der Waals surface area contributed by atoms with Crippen molar-refractivity contribution in [1.82, 2.24) is 4.98 Å². The summed E-state index contributed by atoms with van der Waals surface area (Å²) in [5.74, 6) is 2.09. The number of hydrogen-bond donors (Lipinski definition) is 1. The van der Waals surface area contributed by atoms with Crippen molar-refractivity contribution < 1.29 is 0 Å². The molecule has 0 fully saturated rings. The average molecular weight is 239 g/mol. The highest BCUT2D eigenvalue weighted by molar-refractivity contribution is 7.98. The van der Waals surface area contributed by atoms with Gasteiger partial charge in [-0.25, -0.2) is 4.98 Å². The highest BCUT2D eigenvalue weighted by Gasteiger charge is 2.11. The summed E-state index contributed by atoms with van der Waals surface area (Å²) >= 11 is 1.85. The Hall–Kier alpha value is -0.740. The predicted octanol–water partition coefficient (Wildman–Crippen LogP) is 2.29. The Morgan fingerprint density at radius 1 is 1.50 bits per heavy atom. The molecule has 0 saturated heterocycles. The van der Waals surface area contributed by atoms with Gasteiger partial charge in [0.15, 0.2) is 0 Å². The number of nitrogens with two attached hydrogens (primary N) is 1. The van der Waals surface area contributed by atoms with Gasteiger partial charge in [0.2, 0.25) is 0 Å². The second-order valence-corrected chi connectivity index (χ2v) is 5.06. The van der Waals surface area contributed by atoms with Crippen molar-refractivity contribution in [2.75, 3.05) is 24.0 Å². The lowest BCUT2D eigenvalue weighted by atomic mass is 10.1. The van der Waals surface area contributed by atoms with Gasteiger partial charge in [-0.05, 0) is 37.8 Å². The topological polar surface area (TPSA) is 42.1 Å². The van der Waals surface area contributed by atoms with Crippen LogP contribution in [0.25, 0.3) is 0 Å². The van der Waals surface area contributed by atoms with Gasteiger partial charge >= 0.3 is 0 Å². The van der Waals surface area contributed by atoms with E-state index in [1.165, 1.54) is 0 Å². The fourth-order valence-electron chi connectivity index (χ4n) is 1.49. The zero-order chi connectivity index (χ0) is 12.1. The molecule has 1 aromatic heterocycles. The third kappa shape index (κ3) is 3.39. The van der Waals surface area contributed by atoms with Gasteiger partial charge in [0.1, 0.15) is 5.82 Å². The molecule has 1 heterocycles. The molecule has 0 amide bonds. The molecular weight excluding hydrogens is 218 g/mol. The lowest BCUT2D eigenvalue weighted by molar-refractivity contribution is 0.747. The van der Waals surface area contributed by atoms with Crippen molar-refractivity contribution >= 4 is 17.6 Å². The largest absolute Gasteiger partial charge is 0.356 e. The van der Waals surface area contributed by atoms with Gasteiger partial charge in [-0.15, -0.1) is 0 Å². The fraction of sp³-hybridized carbons (Fsp3) is 0.583. The Morgan fingerprint density at radius 3 is 2.75 bits per heavy atom. The Balaban J connectivity index is 2.82. The molecule has 0 aliphatic heterocycles. The molecule has 0 aliphatic rings. The number of pyridine rings is 1. The lowest BCUT2D eigenvalue weighted by Gasteiger charge is -2.26. The Morgan fingerprint density at radius 2 is 2.19 bits per heavy atom. The maximum absolute atomic E-state index is 5.87. The molecule has 0 aliphatic carbocycles. The summed E-state index contributed by atoms with van der Waals surface area (Å²) in [6, 6.07) is 4.58. The van der Waals surface area contributed by atoms with E-state index in [2.05, 4.69) is 36.2 Å². The minimum absolute atomic E-state index is 0.0611. The molecule has 0 spiro atoms. The van der Waals surface area contributed by atoms with Crippen LogP contribution in [0.2, 0.25) is 0 Å². The van der Waals surface area contributed by atoms with Gasteiger partial charge in [0, 0.05) is 31.1 Å². The number of rotatable bonds is 5. The van der Waals surface area contributed by atoms with Crippen LogP contribution in [0.1, 0.15) is 25.5 Å². The molecule has 16 heavy (non-hydrogen) atoms. The zero-order valence-corrected chi connectivity index (χ0v) is 11.3. The minimum Gasteiger partial charge on any atom is -0.356 e. The second-order valence-electron chi connectivity index (χ2n) is 4.15. The van der Waals surface area contributed by atoms with Crippen molar-refractivity contribution in [1.29, 1.82) is 0 Å². The molecule has 0 saturated carbocycles. The van der Waals surface area contributed by atoms with E-state index in [1.807, 2.05) is 30.9 Å². The average Bonchev–Trinajstić information content (AvgIpc) is 2.28. The number of hydrogen-bond acceptors (Lipinski definition) is 4. The summed E-state index contributed by atoms with van der Waals surface area (Å²) in [6.07, 6.45) is 3.95. The van der Waals surface area contributed by atoms with E-state index >= 15 is 0 Å². The third-order valence-electron chi connectivity index (χ3n) is 2.73. The molecule has 0 bridgehead atoms. The quantitative estimate of drug-likeness (QED) is 0.856. The summed E-state index contributed by atoms with van der Waals surface area (Å²) in [7, 11) is 2.08. The maximum atomic E-state index is 5.87. The van der Waals surface area contributed by atoms with Crippen LogP contribution in [0.3, 0.4) is 0 Å². The lowest BCUT2D eigenvalue weighted by Crippen LogP contribution is -2.31. The summed E-state index contributed by atoms with van der Waals surface area (Å²) in [4.78, 5) is 6.58. The van der Waals surface area contributed by atoms with Crippen LogP contribution in [0, 0.1) is 0 Å². The standard InChI is InChI=1S/C12H21N3S/c1-9(8-16-4)15(3)12-7-11(10(2)13)5-6-14-12/h5-7,9-10H,8,13H2,1-4H3. The molecule has 3 nitrogen and oxygen atoms in total. The monoisotopic (exact) mass is 239 g/mol. The van der Waals surface area contributed by atoms with E-state index in [-0.39, 0.29) is 6.04 Å². The molecular formula is C12H21N3S. The Labute approximate surface area is 102 Å². The van der Waals surface area contributed by atoms with Crippen molar-refractivity contribution in [3.05, 3.63) is 23.9 Å². The van der Waals surface area contributed by atoms with Crippen LogP contribution in [0.4, 0.5) is 5.82 Å². The summed E-state index contributed by atoms with van der Waals surface area (Å²) in [5.41, 5.74) is 7.00. The van der Waals surface area contributed by atoms with Crippen LogP contribution in [-0.4, -0.2) is 30.1 Å². The third-order valence-corrected chi connectivity index (χ3v) is 3.54. The number of nitrogens with zero attached hydrogens (tertiary/aromatic N) is 2. The van der Waals surface area contributed by atoms with Gasteiger partial charge in [-0.1, -0.05) is 0 Å². The second kappa shape index (κ2) is 6.11. The number of thioether (sulfide) groups is 1. The van der Waals surface area contributed by atoms with Crippen molar-refractivity contribution in [3.8, 4) is 0 Å². The van der Waals surface area contributed by atoms with Gasteiger partial charge in [0.25, 0.3) is 0 Å². The smallest absolute Gasteiger partial charge is 0.128 e. The Bertz CT molecular complexity index is 328. The molecule has 1 rings (SSSR count). The highest BCUT2D eigenvalue weighted by Crippen LogP contribution is 2.18. The molecule has 2 N–H and O–H groups in total. The summed E-state index contributed by atoms with van der Waals surface area (Å²) in [6.45, 7) is 4.20. The molecule has 2 atom stereocenters. The van der Waals surface area contributed by atoms with Crippen LogP contribution in [0.5, 0.6) is 0 Å². The molecule has 90 valence electrons. The van der Waals surface area contributed by atoms with E-state index in [0.717, 1.165) is 17.1 Å². The highest BCUT2D eigenvalue weighted by atomic mass is 32.2. The van der Waals surface area contributed by atoms with Crippen molar-refractivity contribution in [3.63, 3.8) is 0 Å². The first-order valence-electron chi connectivity index (χ1n) is 5.49. The van der Waals surface area contributed by atoms with Crippen LogP contribution < -0.4 is 10.6 Å². The number of anilines is 1. The number of aromatic nitrogens is 1. The molecule has 0 radical (unpaired) electrons. The molecule has 0 aromatic carbocycles. The van der Waals surface area contributed by atoms with Gasteiger partial charge in [-0.2, -0.15) is 11.8 Å². The SMILES string of the molecule is CSCC(C)N(C)c1cc(C(C)N)ccn1. The first-order chi connectivity index (χ1) is 7.56. The normalized spacial score (nSPS) is 14.6. The van der Waals surface area contributed by atoms with E-state index in [4.69, 9.17) is 5.73 Å². The summed E-state index contributed by atoms with van der Waals surface area (Å²) < 4.78 is 0. The van der Waals surface area contributed by atoms with Gasteiger partial charge in [-0.3, -0.25) is 0 Å². The van der Waals surface area contributed by atoms with E-state index in [0.29, 0.717) is 6.04 Å². The van der Waals surface area contributed by atoms with Crippen molar-refractivity contribution in [2.24, 2.45) is 5.73 Å². The molecule has 1 aromatic rings. The van der Waals surface area contributed by atoms with E-state index in [9.17, 15) is 0 Å². The molecule has 2 unspecified atom stereocenters. The fourth-order valence-corrected chi connectivity index (χ4v) is 2.20. The minimum atomic E-state index is 0.0611. The first-order valence-corrected chi connectivity index (χ1v) is 6.89. The Kier molecular flexibility index (Phi) is 5.09. The molecule has 4 heteroatoms.